The van der Waals surface area contributed by atoms with Gasteiger partial charge in [0, 0.05) is 12.6 Å². The standard InChI is InChI=1S/C13H24N4O2S/c1-11-15-10-13(16-11)20(18,19)17(9-5-8-14)12-6-3-2-4-7-12/h10,12H,2-9,14H2,1H3,(H,15,16). The highest BCUT2D eigenvalue weighted by atomic mass is 32.2. The Hall–Kier alpha value is -0.920. The normalized spacial score (nSPS) is 17.8. The number of nitrogens with zero attached hydrogens (tertiary/aromatic N) is 2. The molecule has 7 heteroatoms. The van der Waals surface area contributed by atoms with E-state index in [1.165, 1.54) is 12.6 Å². The molecule has 0 spiro atoms. The first-order valence-corrected chi connectivity index (χ1v) is 8.73. The molecule has 1 aromatic heterocycles. The highest BCUT2D eigenvalue weighted by Gasteiger charge is 2.32. The second kappa shape index (κ2) is 6.69. The number of aromatic amines is 1. The predicted octanol–water partition coefficient (Wildman–Crippen LogP) is 1.39. The van der Waals surface area contributed by atoms with E-state index >= 15 is 0 Å². The molecule has 0 atom stereocenters. The van der Waals surface area contributed by atoms with Crippen LogP contribution >= 0.6 is 0 Å². The third kappa shape index (κ3) is 3.39. The van der Waals surface area contributed by atoms with Gasteiger partial charge in [0.15, 0.2) is 5.03 Å². The number of aryl methyl sites for hydroxylation is 1. The van der Waals surface area contributed by atoms with Gasteiger partial charge >= 0.3 is 0 Å². The Kier molecular flexibility index (Phi) is 5.17. The average Bonchev–Trinajstić information content (AvgIpc) is 2.88. The first-order valence-electron chi connectivity index (χ1n) is 7.29. The van der Waals surface area contributed by atoms with Gasteiger partial charge in [0.2, 0.25) is 0 Å². The van der Waals surface area contributed by atoms with E-state index in [0.717, 1.165) is 25.7 Å². The minimum Gasteiger partial charge on any atom is -0.332 e. The molecule has 1 heterocycles. The van der Waals surface area contributed by atoms with Crippen LogP contribution in [0.5, 0.6) is 0 Å². The second-order valence-corrected chi connectivity index (χ2v) is 7.24. The monoisotopic (exact) mass is 300 g/mol. The van der Waals surface area contributed by atoms with Gasteiger partial charge in [-0.15, -0.1) is 0 Å². The SMILES string of the molecule is Cc1ncc(S(=O)(=O)N(CCCN)C2CCCCC2)[nH]1. The van der Waals surface area contributed by atoms with Crippen molar-refractivity contribution in [1.82, 2.24) is 14.3 Å². The van der Waals surface area contributed by atoms with Crippen LogP contribution in [0.1, 0.15) is 44.3 Å². The van der Waals surface area contributed by atoms with E-state index in [1.807, 2.05) is 0 Å². The number of nitrogens with two attached hydrogens (primary N) is 1. The molecule has 20 heavy (non-hydrogen) atoms. The molecule has 0 aliphatic heterocycles. The lowest BCUT2D eigenvalue weighted by Gasteiger charge is -2.32. The van der Waals surface area contributed by atoms with Crippen LogP contribution < -0.4 is 5.73 Å². The Balaban J connectivity index is 2.24. The second-order valence-electron chi connectivity index (χ2n) is 5.38. The molecule has 0 unspecified atom stereocenters. The zero-order chi connectivity index (χ0) is 14.6. The fraction of sp³-hybridized carbons (Fsp3) is 0.769. The lowest BCUT2D eigenvalue weighted by atomic mass is 9.95. The number of aromatic nitrogens is 2. The number of rotatable bonds is 6. The topological polar surface area (TPSA) is 92.1 Å². The minimum absolute atomic E-state index is 0.101. The van der Waals surface area contributed by atoms with Crippen molar-refractivity contribution < 1.29 is 8.42 Å². The maximum atomic E-state index is 12.8. The van der Waals surface area contributed by atoms with E-state index in [0.29, 0.717) is 25.3 Å². The average molecular weight is 300 g/mol. The van der Waals surface area contributed by atoms with Crippen molar-refractivity contribution in [3.63, 3.8) is 0 Å². The number of sulfonamides is 1. The van der Waals surface area contributed by atoms with Crippen LogP contribution in [0.3, 0.4) is 0 Å². The Bertz CT molecular complexity index is 520. The molecule has 1 aromatic rings. The van der Waals surface area contributed by atoms with E-state index in [9.17, 15) is 8.42 Å². The molecule has 0 saturated heterocycles. The fourth-order valence-electron chi connectivity index (χ4n) is 2.77. The van der Waals surface area contributed by atoms with Crippen molar-refractivity contribution in [2.24, 2.45) is 5.73 Å². The minimum atomic E-state index is -3.49. The van der Waals surface area contributed by atoms with E-state index < -0.39 is 10.0 Å². The molecule has 0 amide bonds. The zero-order valence-electron chi connectivity index (χ0n) is 12.0. The molecule has 0 bridgehead atoms. The number of nitrogens with one attached hydrogen (secondary N) is 1. The summed E-state index contributed by atoms with van der Waals surface area (Å²) in [5.74, 6) is 0.617. The summed E-state index contributed by atoms with van der Waals surface area (Å²) in [6.45, 7) is 2.74. The molecule has 1 saturated carbocycles. The maximum absolute atomic E-state index is 12.8. The lowest BCUT2D eigenvalue weighted by Crippen LogP contribution is -2.42. The number of H-pyrrole nitrogens is 1. The van der Waals surface area contributed by atoms with E-state index in [2.05, 4.69) is 9.97 Å². The smallest absolute Gasteiger partial charge is 0.260 e. The van der Waals surface area contributed by atoms with E-state index in [1.54, 1.807) is 11.2 Å². The van der Waals surface area contributed by atoms with Gasteiger partial charge in [0.25, 0.3) is 10.0 Å². The van der Waals surface area contributed by atoms with Crippen LogP contribution in [-0.2, 0) is 10.0 Å². The van der Waals surface area contributed by atoms with Crippen molar-refractivity contribution in [2.75, 3.05) is 13.1 Å². The molecule has 0 radical (unpaired) electrons. The van der Waals surface area contributed by atoms with Crippen LogP contribution in [0.2, 0.25) is 0 Å². The number of hydrogen-bond donors (Lipinski definition) is 2. The first-order chi connectivity index (χ1) is 9.55. The van der Waals surface area contributed by atoms with Gasteiger partial charge in [0.1, 0.15) is 5.82 Å². The van der Waals surface area contributed by atoms with Gasteiger partial charge in [-0.3, -0.25) is 0 Å². The van der Waals surface area contributed by atoms with Gasteiger partial charge in [-0.1, -0.05) is 19.3 Å². The summed E-state index contributed by atoms with van der Waals surface area (Å²) in [6.07, 6.45) is 7.37. The Labute approximate surface area is 120 Å². The molecule has 1 aliphatic carbocycles. The maximum Gasteiger partial charge on any atom is 0.260 e. The van der Waals surface area contributed by atoms with E-state index in [-0.39, 0.29) is 11.1 Å². The van der Waals surface area contributed by atoms with Crippen LogP contribution in [0.15, 0.2) is 11.2 Å². The van der Waals surface area contributed by atoms with Crippen molar-refractivity contribution in [3.05, 3.63) is 12.0 Å². The van der Waals surface area contributed by atoms with Crippen LogP contribution in [0.25, 0.3) is 0 Å². The van der Waals surface area contributed by atoms with Gasteiger partial charge in [-0.05, 0) is 32.7 Å². The van der Waals surface area contributed by atoms with Gasteiger partial charge in [-0.25, -0.2) is 13.4 Å². The third-order valence-electron chi connectivity index (χ3n) is 3.83. The summed E-state index contributed by atoms with van der Waals surface area (Å²) in [7, 11) is -3.49. The number of hydrogen-bond acceptors (Lipinski definition) is 4. The van der Waals surface area contributed by atoms with Gasteiger partial charge in [0.05, 0.1) is 6.20 Å². The summed E-state index contributed by atoms with van der Waals surface area (Å²) >= 11 is 0. The van der Waals surface area contributed by atoms with Crippen molar-refractivity contribution in [3.8, 4) is 0 Å². The molecule has 1 aliphatic rings. The quantitative estimate of drug-likeness (QED) is 0.830. The highest BCUT2D eigenvalue weighted by Crippen LogP contribution is 2.27. The predicted molar refractivity (Wildman–Crippen MR) is 77.8 cm³/mol. The largest absolute Gasteiger partial charge is 0.332 e. The van der Waals surface area contributed by atoms with Crippen molar-refractivity contribution in [1.29, 1.82) is 0 Å². The Morgan fingerprint density at radius 2 is 2.10 bits per heavy atom. The summed E-state index contributed by atoms with van der Waals surface area (Å²) in [5.41, 5.74) is 5.55. The van der Waals surface area contributed by atoms with Crippen LogP contribution in [0, 0.1) is 6.92 Å². The molecule has 0 aromatic carbocycles. The Morgan fingerprint density at radius 1 is 1.40 bits per heavy atom. The molecule has 114 valence electrons. The van der Waals surface area contributed by atoms with Crippen LogP contribution in [0.4, 0.5) is 0 Å². The molecular formula is C13H24N4O2S. The van der Waals surface area contributed by atoms with Gasteiger partial charge in [-0.2, -0.15) is 4.31 Å². The summed E-state index contributed by atoms with van der Waals surface area (Å²) in [5, 5.41) is 0.192. The summed E-state index contributed by atoms with van der Waals surface area (Å²) < 4.78 is 27.2. The molecule has 3 N–H and O–H groups in total. The summed E-state index contributed by atoms with van der Waals surface area (Å²) in [4.78, 5) is 6.84. The highest BCUT2D eigenvalue weighted by molar-refractivity contribution is 7.89. The molecule has 6 nitrogen and oxygen atoms in total. The fourth-order valence-corrected chi connectivity index (χ4v) is 4.46. The first kappa shape index (κ1) is 15.5. The Morgan fingerprint density at radius 3 is 2.65 bits per heavy atom. The molecule has 2 rings (SSSR count). The third-order valence-corrected chi connectivity index (χ3v) is 5.69. The van der Waals surface area contributed by atoms with Crippen LogP contribution in [-0.4, -0.2) is 41.8 Å². The van der Waals surface area contributed by atoms with Crippen molar-refractivity contribution in [2.45, 2.75) is 56.5 Å². The van der Waals surface area contributed by atoms with Crippen molar-refractivity contribution >= 4 is 10.0 Å². The van der Waals surface area contributed by atoms with Gasteiger partial charge < -0.3 is 10.7 Å². The van der Waals surface area contributed by atoms with E-state index in [4.69, 9.17) is 5.73 Å². The summed E-state index contributed by atoms with van der Waals surface area (Å²) in [6, 6.07) is 0.101. The lowest BCUT2D eigenvalue weighted by molar-refractivity contribution is 0.251. The zero-order valence-corrected chi connectivity index (χ0v) is 12.8. The number of imidazole rings is 1. The molecular weight excluding hydrogens is 276 g/mol. The molecule has 1 fully saturated rings.